The maximum Gasteiger partial charge on any atom is 0.279 e. The standard InChI is InChI=1S/C23H31N3O3/c1-6-26(15-23(28)25-20-8-7-9-21(13-20)29-5)14-22(27)24-18(4)19-11-10-16(2)17(3)12-19/h7-13,18H,6,14-15H2,1-5H3,(H,24,27)(H,25,28)/p+1/t18-/m1/s1. The lowest BCUT2D eigenvalue weighted by atomic mass is 10.0. The van der Waals surface area contributed by atoms with E-state index >= 15 is 0 Å². The van der Waals surface area contributed by atoms with Crippen LogP contribution in [0.4, 0.5) is 5.69 Å². The van der Waals surface area contributed by atoms with E-state index in [9.17, 15) is 9.59 Å². The lowest BCUT2D eigenvalue weighted by molar-refractivity contribution is -0.881. The van der Waals surface area contributed by atoms with Crippen LogP contribution >= 0.6 is 0 Å². The Balaban J connectivity index is 1.88. The normalized spacial score (nSPS) is 12.7. The number of carbonyl (C=O) groups is 2. The van der Waals surface area contributed by atoms with E-state index in [1.54, 1.807) is 13.2 Å². The van der Waals surface area contributed by atoms with Gasteiger partial charge >= 0.3 is 0 Å². The summed E-state index contributed by atoms with van der Waals surface area (Å²) in [5.41, 5.74) is 4.20. The van der Waals surface area contributed by atoms with Crippen molar-refractivity contribution in [1.29, 1.82) is 0 Å². The summed E-state index contributed by atoms with van der Waals surface area (Å²) in [5, 5.41) is 5.90. The molecule has 0 aromatic heterocycles. The lowest BCUT2D eigenvalue weighted by Crippen LogP contribution is -3.14. The molecule has 2 amide bonds. The van der Waals surface area contributed by atoms with Crippen LogP contribution in [0.5, 0.6) is 5.75 Å². The van der Waals surface area contributed by atoms with Gasteiger partial charge in [0.15, 0.2) is 13.1 Å². The molecule has 0 heterocycles. The highest BCUT2D eigenvalue weighted by Gasteiger charge is 2.19. The number of quaternary nitrogens is 1. The first-order valence-electron chi connectivity index (χ1n) is 9.96. The number of rotatable bonds is 9. The predicted octanol–water partition coefficient (Wildman–Crippen LogP) is 2.03. The van der Waals surface area contributed by atoms with E-state index in [0.29, 0.717) is 18.0 Å². The molecule has 0 saturated heterocycles. The Morgan fingerprint density at radius 1 is 1.03 bits per heavy atom. The molecule has 0 radical (unpaired) electrons. The van der Waals surface area contributed by atoms with Gasteiger partial charge in [0.05, 0.1) is 19.7 Å². The number of anilines is 1. The number of carbonyl (C=O) groups excluding carboxylic acids is 2. The summed E-state index contributed by atoms with van der Waals surface area (Å²) in [5.74, 6) is 0.481. The molecule has 6 nitrogen and oxygen atoms in total. The van der Waals surface area contributed by atoms with Gasteiger partial charge in [0.2, 0.25) is 0 Å². The molecule has 0 aliphatic carbocycles. The van der Waals surface area contributed by atoms with Crippen molar-refractivity contribution >= 4 is 17.5 Å². The molecular formula is C23H32N3O3+. The van der Waals surface area contributed by atoms with Crippen molar-refractivity contribution in [3.8, 4) is 5.75 Å². The number of nitrogens with one attached hydrogen (secondary N) is 3. The third-order valence-corrected chi connectivity index (χ3v) is 5.08. The zero-order chi connectivity index (χ0) is 21.4. The van der Waals surface area contributed by atoms with Crippen molar-refractivity contribution in [3.63, 3.8) is 0 Å². The number of hydrogen-bond donors (Lipinski definition) is 3. The Bertz CT molecular complexity index is 851. The molecule has 0 fully saturated rings. The monoisotopic (exact) mass is 398 g/mol. The van der Waals surface area contributed by atoms with Gasteiger partial charge in [-0.2, -0.15) is 0 Å². The summed E-state index contributed by atoms with van der Waals surface area (Å²) in [4.78, 5) is 25.8. The number of ether oxygens (including phenoxy) is 1. The third-order valence-electron chi connectivity index (χ3n) is 5.08. The van der Waals surface area contributed by atoms with E-state index < -0.39 is 0 Å². The van der Waals surface area contributed by atoms with E-state index in [1.165, 1.54) is 11.1 Å². The molecule has 6 heteroatoms. The van der Waals surface area contributed by atoms with Crippen LogP contribution in [0.25, 0.3) is 0 Å². The summed E-state index contributed by atoms with van der Waals surface area (Å²) < 4.78 is 5.17. The fourth-order valence-electron chi connectivity index (χ4n) is 3.08. The van der Waals surface area contributed by atoms with Gasteiger partial charge in [0, 0.05) is 11.8 Å². The Morgan fingerprint density at radius 2 is 1.76 bits per heavy atom. The molecule has 29 heavy (non-hydrogen) atoms. The molecule has 2 atom stereocenters. The molecule has 0 bridgehead atoms. The van der Waals surface area contributed by atoms with Crippen LogP contribution < -0.4 is 20.3 Å². The largest absolute Gasteiger partial charge is 0.497 e. The highest BCUT2D eigenvalue weighted by molar-refractivity contribution is 5.91. The van der Waals surface area contributed by atoms with Gasteiger partial charge in [-0.05, 0) is 56.5 Å². The Morgan fingerprint density at radius 3 is 2.41 bits per heavy atom. The third kappa shape index (κ3) is 6.91. The highest BCUT2D eigenvalue weighted by atomic mass is 16.5. The van der Waals surface area contributed by atoms with Crippen molar-refractivity contribution in [2.24, 2.45) is 0 Å². The average molecular weight is 399 g/mol. The first-order valence-corrected chi connectivity index (χ1v) is 9.96. The van der Waals surface area contributed by atoms with Gasteiger partial charge in [0.1, 0.15) is 5.75 Å². The fourth-order valence-corrected chi connectivity index (χ4v) is 3.08. The van der Waals surface area contributed by atoms with Crippen LogP contribution in [-0.4, -0.2) is 38.6 Å². The van der Waals surface area contributed by atoms with E-state index in [4.69, 9.17) is 4.74 Å². The number of benzene rings is 2. The van der Waals surface area contributed by atoms with Crippen molar-refractivity contribution < 1.29 is 19.2 Å². The molecule has 0 aliphatic rings. The first kappa shape index (κ1) is 22.4. The molecule has 2 aromatic rings. The molecule has 0 aliphatic heterocycles. The minimum absolute atomic E-state index is 0.0678. The van der Waals surface area contributed by atoms with Crippen molar-refractivity contribution in [1.82, 2.24) is 5.32 Å². The van der Waals surface area contributed by atoms with E-state index in [2.05, 4.69) is 36.6 Å². The maximum absolute atomic E-state index is 12.5. The van der Waals surface area contributed by atoms with Crippen LogP contribution in [0.3, 0.4) is 0 Å². The lowest BCUT2D eigenvalue weighted by Gasteiger charge is -2.20. The SMILES string of the molecule is CC[NH+](CC(=O)Nc1cccc(OC)c1)CC(=O)N[C@H](C)c1ccc(C)c(C)c1. The molecule has 0 spiro atoms. The number of aryl methyl sites for hydroxylation is 2. The first-order chi connectivity index (χ1) is 13.8. The molecule has 156 valence electrons. The number of hydrogen-bond acceptors (Lipinski definition) is 3. The van der Waals surface area contributed by atoms with Gasteiger partial charge < -0.3 is 20.3 Å². The molecule has 2 aromatic carbocycles. The molecule has 1 unspecified atom stereocenters. The minimum atomic E-state index is -0.134. The van der Waals surface area contributed by atoms with Crippen molar-refractivity contribution in [2.75, 3.05) is 32.1 Å². The number of methoxy groups -OCH3 is 1. The van der Waals surface area contributed by atoms with E-state index in [-0.39, 0.29) is 30.9 Å². The van der Waals surface area contributed by atoms with Crippen LogP contribution in [0.1, 0.15) is 36.6 Å². The molecule has 0 saturated carbocycles. The fraction of sp³-hybridized carbons (Fsp3) is 0.391. The summed E-state index contributed by atoms with van der Waals surface area (Å²) >= 11 is 0. The summed E-state index contributed by atoms with van der Waals surface area (Å²) in [6, 6.07) is 13.4. The average Bonchev–Trinajstić information content (AvgIpc) is 2.69. The van der Waals surface area contributed by atoms with Gasteiger partial charge in [-0.3, -0.25) is 9.59 Å². The van der Waals surface area contributed by atoms with Crippen LogP contribution in [0, 0.1) is 13.8 Å². The van der Waals surface area contributed by atoms with Gasteiger partial charge in [-0.25, -0.2) is 0 Å². The topological polar surface area (TPSA) is 71.9 Å². The second-order valence-corrected chi connectivity index (χ2v) is 7.37. The smallest absolute Gasteiger partial charge is 0.279 e. The maximum atomic E-state index is 12.5. The van der Waals surface area contributed by atoms with Gasteiger partial charge in [0.25, 0.3) is 11.8 Å². The van der Waals surface area contributed by atoms with Crippen molar-refractivity contribution in [3.05, 3.63) is 59.2 Å². The van der Waals surface area contributed by atoms with Crippen LogP contribution in [0.2, 0.25) is 0 Å². The van der Waals surface area contributed by atoms with Crippen LogP contribution in [-0.2, 0) is 9.59 Å². The molecular weight excluding hydrogens is 366 g/mol. The summed E-state index contributed by atoms with van der Waals surface area (Å²) in [6.45, 7) is 9.23. The zero-order valence-electron chi connectivity index (χ0n) is 18.0. The quantitative estimate of drug-likeness (QED) is 0.605. The van der Waals surface area contributed by atoms with Crippen molar-refractivity contribution in [2.45, 2.75) is 33.7 Å². The second-order valence-electron chi connectivity index (χ2n) is 7.37. The summed E-state index contributed by atoms with van der Waals surface area (Å²) in [6.07, 6.45) is 0. The van der Waals surface area contributed by atoms with E-state index in [0.717, 1.165) is 10.5 Å². The summed E-state index contributed by atoms with van der Waals surface area (Å²) in [7, 11) is 1.58. The Kier molecular flexibility index (Phi) is 8.21. The molecule has 2 rings (SSSR count). The van der Waals surface area contributed by atoms with E-state index in [1.807, 2.05) is 38.1 Å². The molecule has 3 N–H and O–H groups in total. The number of likely N-dealkylation sites (N-methyl/N-ethyl adjacent to an activating group) is 1. The van der Waals surface area contributed by atoms with Crippen LogP contribution in [0.15, 0.2) is 42.5 Å². The second kappa shape index (κ2) is 10.6. The Labute approximate surface area is 173 Å². The van der Waals surface area contributed by atoms with Gasteiger partial charge in [-0.1, -0.05) is 24.3 Å². The number of amides is 2. The highest BCUT2D eigenvalue weighted by Crippen LogP contribution is 2.17. The predicted molar refractivity (Wildman–Crippen MR) is 115 cm³/mol. The minimum Gasteiger partial charge on any atom is -0.497 e. The zero-order valence-corrected chi connectivity index (χ0v) is 18.0. The van der Waals surface area contributed by atoms with Gasteiger partial charge in [-0.15, -0.1) is 0 Å². The Hall–Kier alpha value is -2.86.